The molecule has 1 saturated carbocycles. The topological polar surface area (TPSA) is 111 Å². The van der Waals surface area contributed by atoms with Crippen LogP contribution >= 0.6 is 0 Å². The minimum atomic E-state index is -0.457. The summed E-state index contributed by atoms with van der Waals surface area (Å²) in [6, 6.07) is 9.36. The number of likely N-dealkylation sites (tertiary alicyclic amines) is 1. The van der Waals surface area contributed by atoms with Crippen LogP contribution in [0, 0.1) is 17.2 Å². The highest BCUT2D eigenvalue weighted by Crippen LogP contribution is 2.49. The minimum absolute atomic E-state index is 0.426. The van der Waals surface area contributed by atoms with Crippen molar-refractivity contribution in [1.29, 1.82) is 5.26 Å². The Morgan fingerprint density at radius 3 is 2.73 bits per heavy atom. The monoisotopic (exact) mass is 551 g/mol. The maximum absolute atomic E-state index is 10.3. The number of piperidine rings is 2. The number of fused-ring (bicyclic) bond motifs is 4. The van der Waals surface area contributed by atoms with Crippen molar-refractivity contribution in [3.63, 3.8) is 0 Å². The van der Waals surface area contributed by atoms with Gasteiger partial charge in [-0.2, -0.15) is 10.4 Å². The molecule has 0 spiro atoms. The Morgan fingerprint density at radius 1 is 1.15 bits per heavy atom. The number of aryl methyl sites for hydroxylation is 1. The molecule has 5 aliphatic rings. The van der Waals surface area contributed by atoms with Crippen LogP contribution in [0.2, 0.25) is 0 Å². The van der Waals surface area contributed by atoms with E-state index < -0.39 is 5.60 Å². The summed E-state index contributed by atoms with van der Waals surface area (Å²) < 4.78 is 9.97. The van der Waals surface area contributed by atoms with E-state index in [1.807, 2.05) is 37.9 Å². The van der Waals surface area contributed by atoms with Gasteiger partial charge in [0.1, 0.15) is 30.1 Å². The predicted molar refractivity (Wildman–Crippen MR) is 151 cm³/mol. The second-order valence-corrected chi connectivity index (χ2v) is 12.1. The number of piperazine rings is 1. The molecule has 41 heavy (non-hydrogen) atoms. The summed E-state index contributed by atoms with van der Waals surface area (Å²) in [5.41, 5.74) is 2.61. The van der Waals surface area contributed by atoms with Gasteiger partial charge in [-0.1, -0.05) is 0 Å². The number of pyridine rings is 2. The Labute approximate surface area is 238 Å². The number of β-amino-alcohol motifs (C(OH)–C–C–N with tert-alkyl or cyclic N) is 1. The van der Waals surface area contributed by atoms with E-state index >= 15 is 0 Å². The standard InChI is InChI=1S/C30H33N9O2/c1-35-5-4-32-28(35)18-37-15-23-8-24(16-37)39(23)27-3-2-20(12-33-27)26-9-25(17-38-29(26)21(11-31)13-34-38)41-7-6-36-14-22-10-30(22,40)19-36/h2-5,9,12-13,17,22-24,40H,6-8,10,14-16,18-19H2,1H3. The van der Waals surface area contributed by atoms with Crippen LogP contribution in [0.1, 0.15) is 24.2 Å². The Balaban J connectivity index is 0.986. The molecule has 4 aromatic heterocycles. The lowest BCUT2D eigenvalue weighted by Crippen LogP contribution is -2.69. The van der Waals surface area contributed by atoms with Crippen molar-refractivity contribution < 1.29 is 9.84 Å². The summed E-state index contributed by atoms with van der Waals surface area (Å²) >= 11 is 0. The van der Waals surface area contributed by atoms with Gasteiger partial charge in [-0.25, -0.2) is 14.5 Å². The van der Waals surface area contributed by atoms with Gasteiger partial charge in [0.25, 0.3) is 0 Å². The highest BCUT2D eigenvalue weighted by molar-refractivity contribution is 5.85. The lowest BCUT2D eigenvalue weighted by molar-refractivity contribution is 0.104. The van der Waals surface area contributed by atoms with Gasteiger partial charge in [-0.15, -0.1) is 0 Å². The summed E-state index contributed by atoms with van der Waals surface area (Å²) in [7, 11) is 2.05. The highest BCUT2D eigenvalue weighted by Gasteiger charge is 2.58. The number of rotatable bonds is 8. The first kappa shape index (κ1) is 24.8. The third kappa shape index (κ3) is 4.25. The number of aliphatic hydroxyl groups is 1. The van der Waals surface area contributed by atoms with Gasteiger partial charge in [0.15, 0.2) is 0 Å². The summed E-state index contributed by atoms with van der Waals surface area (Å²) in [5.74, 6) is 3.21. The van der Waals surface area contributed by atoms with Gasteiger partial charge in [-0.05, 0) is 31.0 Å². The van der Waals surface area contributed by atoms with Crippen LogP contribution in [0.3, 0.4) is 0 Å². The number of imidazole rings is 1. The molecule has 9 rings (SSSR count). The zero-order valence-corrected chi connectivity index (χ0v) is 23.1. The molecule has 210 valence electrons. The molecular formula is C30H33N9O2. The van der Waals surface area contributed by atoms with E-state index in [9.17, 15) is 10.4 Å². The molecule has 1 N–H and O–H groups in total. The van der Waals surface area contributed by atoms with Crippen LogP contribution in [0.15, 0.2) is 49.2 Å². The fourth-order valence-corrected chi connectivity index (χ4v) is 7.15. The maximum Gasteiger partial charge on any atom is 0.138 e. The number of nitriles is 1. The van der Waals surface area contributed by atoms with Crippen LogP contribution in [0.25, 0.3) is 16.6 Å². The van der Waals surface area contributed by atoms with Crippen molar-refractivity contribution in [2.45, 2.75) is 37.1 Å². The summed E-state index contributed by atoms with van der Waals surface area (Å²) in [6.45, 7) is 5.84. The minimum Gasteiger partial charge on any atom is -0.491 e. The summed E-state index contributed by atoms with van der Waals surface area (Å²) in [6.07, 6.45) is 11.3. The van der Waals surface area contributed by atoms with Gasteiger partial charge in [0.05, 0.1) is 35.6 Å². The van der Waals surface area contributed by atoms with Crippen LogP contribution in [0.5, 0.6) is 5.75 Å². The van der Waals surface area contributed by atoms with Crippen molar-refractivity contribution in [2.75, 3.05) is 44.2 Å². The molecule has 2 bridgehead atoms. The molecule has 11 heteroatoms. The fraction of sp³-hybridized carbons (Fsp3) is 0.467. The molecule has 11 nitrogen and oxygen atoms in total. The number of ether oxygens (including phenoxy) is 1. The molecule has 4 saturated heterocycles. The normalized spacial score (nSPS) is 27.0. The molecular weight excluding hydrogens is 518 g/mol. The number of nitrogens with zero attached hydrogens (tertiary/aromatic N) is 9. The lowest BCUT2D eigenvalue weighted by Gasteiger charge is -2.57. The van der Waals surface area contributed by atoms with Crippen LogP contribution in [-0.2, 0) is 13.6 Å². The van der Waals surface area contributed by atoms with E-state index in [2.05, 4.69) is 47.6 Å². The highest BCUT2D eigenvalue weighted by atomic mass is 16.5. The van der Waals surface area contributed by atoms with E-state index in [0.29, 0.717) is 35.9 Å². The van der Waals surface area contributed by atoms with Crippen molar-refractivity contribution in [1.82, 2.24) is 33.9 Å². The fourth-order valence-electron chi connectivity index (χ4n) is 7.15. The van der Waals surface area contributed by atoms with E-state index in [-0.39, 0.29) is 0 Å². The van der Waals surface area contributed by atoms with E-state index in [0.717, 1.165) is 74.0 Å². The molecule has 5 fully saturated rings. The Morgan fingerprint density at radius 2 is 2.02 bits per heavy atom. The Kier molecular flexibility index (Phi) is 5.61. The molecule has 0 aromatic carbocycles. The van der Waals surface area contributed by atoms with Crippen LogP contribution in [0.4, 0.5) is 5.82 Å². The Bertz CT molecular complexity index is 1640. The first-order valence-corrected chi connectivity index (χ1v) is 14.4. The quantitative estimate of drug-likeness (QED) is 0.351. The molecule has 4 atom stereocenters. The second-order valence-electron chi connectivity index (χ2n) is 12.1. The SMILES string of the molecule is Cn1ccnc1CN1CC2CC(C1)N2c1ccc(-c2cc(OCCN3CC4CC4(O)C3)cn3ncc(C#N)c23)cn1. The van der Waals surface area contributed by atoms with Crippen molar-refractivity contribution in [2.24, 2.45) is 13.0 Å². The van der Waals surface area contributed by atoms with Crippen molar-refractivity contribution in [3.05, 3.63) is 60.6 Å². The predicted octanol–water partition coefficient (Wildman–Crippen LogP) is 1.91. The average molecular weight is 552 g/mol. The Hall–Kier alpha value is -3.98. The number of hydrogen-bond donors (Lipinski definition) is 1. The second kappa shape index (κ2) is 9.27. The first-order chi connectivity index (χ1) is 20.0. The van der Waals surface area contributed by atoms with Gasteiger partial charge in [0.2, 0.25) is 0 Å². The third-order valence-electron chi connectivity index (χ3n) is 9.44. The lowest BCUT2D eigenvalue weighted by atomic mass is 9.87. The third-order valence-corrected chi connectivity index (χ3v) is 9.44. The number of aromatic nitrogens is 5. The van der Waals surface area contributed by atoms with Gasteiger partial charge < -0.3 is 19.3 Å². The van der Waals surface area contributed by atoms with Crippen molar-refractivity contribution >= 4 is 11.3 Å². The molecule has 0 radical (unpaired) electrons. The maximum atomic E-state index is 10.3. The summed E-state index contributed by atoms with van der Waals surface area (Å²) in [4.78, 5) is 16.6. The summed E-state index contributed by atoms with van der Waals surface area (Å²) in [5, 5.41) is 24.5. The van der Waals surface area contributed by atoms with E-state index in [1.54, 1.807) is 10.7 Å². The van der Waals surface area contributed by atoms with Gasteiger partial charge in [-0.3, -0.25) is 9.80 Å². The van der Waals surface area contributed by atoms with E-state index in [1.165, 1.54) is 6.42 Å². The molecule has 4 unspecified atom stereocenters. The van der Waals surface area contributed by atoms with Gasteiger partial charge in [0, 0.05) is 87.5 Å². The van der Waals surface area contributed by atoms with Gasteiger partial charge >= 0.3 is 0 Å². The van der Waals surface area contributed by atoms with Crippen LogP contribution < -0.4 is 9.64 Å². The zero-order valence-electron chi connectivity index (χ0n) is 23.1. The molecule has 4 aromatic rings. The first-order valence-electron chi connectivity index (χ1n) is 14.4. The zero-order chi connectivity index (χ0) is 27.7. The largest absolute Gasteiger partial charge is 0.491 e. The molecule has 8 heterocycles. The molecule has 4 aliphatic heterocycles. The molecule has 0 amide bonds. The smallest absolute Gasteiger partial charge is 0.138 e. The van der Waals surface area contributed by atoms with Crippen LogP contribution in [-0.4, -0.2) is 96.1 Å². The molecule has 1 aliphatic carbocycles. The average Bonchev–Trinajstić information content (AvgIpc) is 3.30. The number of anilines is 1. The van der Waals surface area contributed by atoms with E-state index in [4.69, 9.17) is 9.72 Å². The number of hydrogen-bond acceptors (Lipinski definition) is 9. The van der Waals surface area contributed by atoms with Crippen molar-refractivity contribution in [3.8, 4) is 22.9 Å².